The molecule has 2 unspecified atom stereocenters. The molecule has 0 amide bonds. The van der Waals surface area contributed by atoms with E-state index in [9.17, 15) is 0 Å². The second-order valence-electron chi connectivity index (χ2n) is 4.39. The number of hydrogen-bond acceptors (Lipinski definition) is 6. The second kappa shape index (κ2) is 5.07. The van der Waals surface area contributed by atoms with Crippen molar-refractivity contribution in [3.8, 4) is 0 Å². The van der Waals surface area contributed by atoms with Crippen LogP contribution in [0.4, 0.5) is 0 Å². The van der Waals surface area contributed by atoms with Crippen molar-refractivity contribution in [2.75, 3.05) is 11.5 Å². The van der Waals surface area contributed by atoms with E-state index in [2.05, 4.69) is 15.1 Å². The molecule has 2 atom stereocenters. The molecular formula is C12H14N4OS. The van der Waals surface area contributed by atoms with Crippen LogP contribution in [0, 0.1) is 0 Å². The summed E-state index contributed by atoms with van der Waals surface area (Å²) in [5.41, 5.74) is 7.14. The maximum atomic E-state index is 6.02. The molecule has 0 spiro atoms. The van der Waals surface area contributed by atoms with E-state index in [1.807, 2.05) is 23.9 Å². The van der Waals surface area contributed by atoms with Crippen LogP contribution in [-0.2, 0) is 6.42 Å². The quantitative estimate of drug-likeness (QED) is 0.896. The van der Waals surface area contributed by atoms with E-state index in [0.717, 1.165) is 17.1 Å². The zero-order valence-corrected chi connectivity index (χ0v) is 10.6. The highest BCUT2D eigenvalue weighted by atomic mass is 32.2. The van der Waals surface area contributed by atoms with Crippen LogP contribution in [-0.4, -0.2) is 32.7 Å². The summed E-state index contributed by atoms with van der Waals surface area (Å²) in [7, 11) is 0. The van der Waals surface area contributed by atoms with Gasteiger partial charge in [-0.2, -0.15) is 16.7 Å². The number of rotatable bonds is 3. The molecule has 94 valence electrons. The fourth-order valence-corrected chi connectivity index (χ4v) is 3.28. The molecule has 3 rings (SSSR count). The molecule has 2 N–H and O–H groups in total. The van der Waals surface area contributed by atoms with Gasteiger partial charge in [0.2, 0.25) is 5.89 Å². The smallest absolute Gasteiger partial charge is 0.232 e. The summed E-state index contributed by atoms with van der Waals surface area (Å²) in [4.78, 5) is 8.43. The predicted octanol–water partition coefficient (Wildman–Crippen LogP) is 1.21. The van der Waals surface area contributed by atoms with Crippen LogP contribution >= 0.6 is 11.8 Å². The Hall–Kier alpha value is -1.40. The standard InChI is InChI=1S/C12H14N4OS/c13-10-7-18-6-9(10)12-15-11(16-17-12)5-8-1-3-14-4-2-8/h1-4,9-10H,5-7,13H2. The molecular weight excluding hydrogens is 248 g/mol. The molecule has 0 aromatic carbocycles. The fraction of sp³-hybridized carbons (Fsp3) is 0.417. The highest BCUT2D eigenvalue weighted by Crippen LogP contribution is 2.30. The van der Waals surface area contributed by atoms with Crippen LogP contribution < -0.4 is 5.73 Å². The lowest BCUT2D eigenvalue weighted by atomic mass is 10.1. The average Bonchev–Trinajstić information content (AvgIpc) is 2.99. The summed E-state index contributed by atoms with van der Waals surface area (Å²) < 4.78 is 5.32. The van der Waals surface area contributed by atoms with Gasteiger partial charge in [0.1, 0.15) is 0 Å². The average molecular weight is 262 g/mol. The third kappa shape index (κ3) is 2.39. The van der Waals surface area contributed by atoms with E-state index in [-0.39, 0.29) is 12.0 Å². The minimum atomic E-state index is 0.129. The first-order chi connectivity index (χ1) is 8.83. The van der Waals surface area contributed by atoms with Crippen LogP contribution in [0.1, 0.15) is 23.2 Å². The first kappa shape index (κ1) is 11.7. The van der Waals surface area contributed by atoms with Gasteiger partial charge < -0.3 is 10.3 Å². The largest absolute Gasteiger partial charge is 0.339 e. The highest BCUT2D eigenvalue weighted by molar-refractivity contribution is 7.99. The Morgan fingerprint density at radius 2 is 2.17 bits per heavy atom. The fourth-order valence-electron chi connectivity index (χ4n) is 2.00. The number of pyridine rings is 1. The van der Waals surface area contributed by atoms with Gasteiger partial charge in [-0.05, 0) is 17.7 Å². The van der Waals surface area contributed by atoms with Gasteiger partial charge in [-0.25, -0.2) is 0 Å². The molecule has 1 fully saturated rings. The van der Waals surface area contributed by atoms with Crippen molar-refractivity contribution in [1.82, 2.24) is 15.1 Å². The lowest BCUT2D eigenvalue weighted by Crippen LogP contribution is -2.26. The van der Waals surface area contributed by atoms with Gasteiger partial charge >= 0.3 is 0 Å². The third-order valence-electron chi connectivity index (χ3n) is 3.04. The highest BCUT2D eigenvalue weighted by Gasteiger charge is 2.30. The molecule has 18 heavy (non-hydrogen) atoms. The molecule has 0 saturated carbocycles. The molecule has 0 aliphatic carbocycles. The van der Waals surface area contributed by atoms with Crippen molar-refractivity contribution in [3.63, 3.8) is 0 Å². The van der Waals surface area contributed by atoms with E-state index in [0.29, 0.717) is 18.1 Å². The lowest BCUT2D eigenvalue weighted by Gasteiger charge is -2.07. The van der Waals surface area contributed by atoms with Crippen molar-refractivity contribution in [1.29, 1.82) is 0 Å². The number of hydrogen-bond donors (Lipinski definition) is 1. The molecule has 6 heteroatoms. The topological polar surface area (TPSA) is 77.8 Å². The SMILES string of the molecule is NC1CSCC1c1nc(Cc2ccncc2)no1. The minimum absolute atomic E-state index is 0.129. The number of thioether (sulfide) groups is 1. The van der Waals surface area contributed by atoms with Crippen molar-refractivity contribution in [2.45, 2.75) is 18.4 Å². The molecule has 1 saturated heterocycles. The Balaban J connectivity index is 1.74. The van der Waals surface area contributed by atoms with Gasteiger partial charge in [0.25, 0.3) is 0 Å². The molecule has 1 aliphatic heterocycles. The summed E-state index contributed by atoms with van der Waals surface area (Å²) in [6, 6.07) is 4.03. The molecule has 2 aromatic rings. The predicted molar refractivity (Wildman–Crippen MR) is 69.4 cm³/mol. The van der Waals surface area contributed by atoms with Crippen LogP contribution in [0.3, 0.4) is 0 Å². The van der Waals surface area contributed by atoms with Crippen LogP contribution in [0.15, 0.2) is 29.0 Å². The molecule has 0 bridgehead atoms. The number of aromatic nitrogens is 3. The van der Waals surface area contributed by atoms with Gasteiger partial charge in [0, 0.05) is 36.4 Å². The third-order valence-corrected chi connectivity index (χ3v) is 4.25. The van der Waals surface area contributed by atoms with Gasteiger partial charge in [0.05, 0.1) is 5.92 Å². The zero-order valence-electron chi connectivity index (χ0n) is 9.82. The Morgan fingerprint density at radius 1 is 1.33 bits per heavy atom. The summed E-state index contributed by atoms with van der Waals surface area (Å²) in [6.45, 7) is 0. The maximum Gasteiger partial charge on any atom is 0.232 e. The van der Waals surface area contributed by atoms with Crippen LogP contribution in [0.25, 0.3) is 0 Å². The normalized spacial score (nSPS) is 23.4. The van der Waals surface area contributed by atoms with Crippen LogP contribution in [0.2, 0.25) is 0 Å². The Bertz CT molecular complexity index is 516. The lowest BCUT2D eigenvalue weighted by molar-refractivity contribution is 0.349. The van der Waals surface area contributed by atoms with E-state index >= 15 is 0 Å². The van der Waals surface area contributed by atoms with Crippen molar-refractivity contribution < 1.29 is 4.52 Å². The van der Waals surface area contributed by atoms with Gasteiger partial charge in [-0.15, -0.1) is 0 Å². The summed E-state index contributed by atoms with van der Waals surface area (Å²) in [5, 5.41) is 4.02. The first-order valence-corrected chi connectivity index (χ1v) is 7.03. The van der Waals surface area contributed by atoms with Gasteiger partial charge in [-0.3, -0.25) is 4.98 Å². The maximum absolute atomic E-state index is 6.02. The summed E-state index contributed by atoms with van der Waals surface area (Å²) in [5.74, 6) is 3.52. The van der Waals surface area contributed by atoms with Crippen molar-refractivity contribution in [2.24, 2.45) is 5.73 Å². The zero-order chi connectivity index (χ0) is 12.4. The molecule has 5 nitrogen and oxygen atoms in total. The molecule has 0 radical (unpaired) electrons. The monoisotopic (exact) mass is 262 g/mol. The number of nitrogens with zero attached hydrogens (tertiary/aromatic N) is 3. The second-order valence-corrected chi connectivity index (χ2v) is 5.46. The Labute approximate surface area is 109 Å². The van der Waals surface area contributed by atoms with E-state index < -0.39 is 0 Å². The van der Waals surface area contributed by atoms with E-state index in [4.69, 9.17) is 10.3 Å². The minimum Gasteiger partial charge on any atom is -0.339 e. The Kier molecular flexibility index (Phi) is 3.29. The molecule has 1 aliphatic rings. The van der Waals surface area contributed by atoms with E-state index in [1.54, 1.807) is 12.4 Å². The summed E-state index contributed by atoms with van der Waals surface area (Å²) >= 11 is 1.84. The van der Waals surface area contributed by atoms with E-state index in [1.165, 1.54) is 0 Å². The molecule has 3 heterocycles. The van der Waals surface area contributed by atoms with Gasteiger partial charge in [-0.1, -0.05) is 5.16 Å². The van der Waals surface area contributed by atoms with Crippen molar-refractivity contribution >= 4 is 11.8 Å². The Morgan fingerprint density at radius 3 is 2.89 bits per heavy atom. The molecule has 2 aromatic heterocycles. The van der Waals surface area contributed by atoms with Crippen molar-refractivity contribution in [3.05, 3.63) is 41.8 Å². The van der Waals surface area contributed by atoms with Crippen LogP contribution in [0.5, 0.6) is 0 Å². The number of nitrogens with two attached hydrogens (primary N) is 1. The van der Waals surface area contributed by atoms with Gasteiger partial charge in [0.15, 0.2) is 5.82 Å². The first-order valence-electron chi connectivity index (χ1n) is 5.87. The summed E-state index contributed by atoms with van der Waals surface area (Å²) in [6.07, 6.45) is 4.20.